The molecule has 21 heavy (non-hydrogen) atoms. The number of H-pyrrole nitrogens is 1. The molecule has 0 saturated carbocycles. The van der Waals surface area contributed by atoms with Gasteiger partial charge in [-0.25, -0.2) is 18.1 Å². The molecule has 108 valence electrons. The summed E-state index contributed by atoms with van der Waals surface area (Å²) in [6.07, 6.45) is 5.62. The number of aromatic amines is 1. The largest absolute Gasteiger partial charge is 0.284 e. The van der Waals surface area contributed by atoms with Gasteiger partial charge in [0.2, 0.25) is 0 Å². The van der Waals surface area contributed by atoms with Gasteiger partial charge in [0.25, 0.3) is 10.0 Å². The molecule has 0 aliphatic rings. The van der Waals surface area contributed by atoms with Gasteiger partial charge in [0.15, 0.2) is 0 Å². The van der Waals surface area contributed by atoms with E-state index in [1.54, 1.807) is 29.2 Å². The van der Waals surface area contributed by atoms with Gasteiger partial charge in [-0.1, -0.05) is 12.1 Å². The summed E-state index contributed by atoms with van der Waals surface area (Å²) in [5.41, 5.74) is 1.39. The molecule has 0 aliphatic heterocycles. The molecule has 0 spiro atoms. The van der Waals surface area contributed by atoms with Crippen molar-refractivity contribution in [1.82, 2.24) is 25.0 Å². The summed E-state index contributed by atoms with van der Waals surface area (Å²) in [4.78, 5) is 3.95. The Bertz CT molecular complexity index is 811. The highest BCUT2D eigenvalue weighted by Gasteiger charge is 2.15. The molecule has 0 fully saturated rings. The van der Waals surface area contributed by atoms with Crippen LogP contribution in [0.1, 0.15) is 5.56 Å². The second-order valence-electron chi connectivity index (χ2n) is 4.33. The molecule has 2 aromatic heterocycles. The summed E-state index contributed by atoms with van der Waals surface area (Å²) in [7, 11) is -3.63. The molecular formula is C12H12N6O2S. The maximum Gasteiger partial charge on any atom is 0.265 e. The van der Waals surface area contributed by atoms with Crippen LogP contribution in [0.5, 0.6) is 0 Å². The average Bonchev–Trinajstić information content (AvgIpc) is 3.11. The highest BCUT2D eigenvalue weighted by atomic mass is 32.2. The quantitative estimate of drug-likeness (QED) is 0.727. The molecule has 2 N–H and O–H groups in total. The van der Waals surface area contributed by atoms with Gasteiger partial charge in [-0.3, -0.25) is 9.82 Å². The highest BCUT2D eigenvalue weighted by molar-refractivity contribution is 7.92. The van der Waals surface area contributed by atoms with E-state index < -0.39 is 10.0 Å². The Labute approximate surface area is 120 Å². The second-order valence-corrected chi connectivity index (χ2v) is 6.02. The first-order valence-corrected chi connectivity index (χ1v) is 7.55. The summed E-state index contributed by atoms with van der Waals surface area (Å²) in [5, 5.41) is 10.1. The van der Waals surface area contributed by atoms with Crippen LogP contribution in [-0.2, 0) is 16.6 Å². The third-order valence-electron chi connectivity index (χ3n) is 2.77. The van der Waals surface area contributed by atoms with Crippen LogP contribution >= 0.6 is 0 Å². The van der Waals surface area contributed by atoms with E-state index in [1.165, 1.54) is 18.7 Å². The van der Waals surface area contributed by atoms with Gasteiger partial charge in [0.05, 0.1) is 12.7 Å². The average molecular weight is 304 g/mol. The Hall–Kier alpha value is -2.68. The number of aromatic nitrogens is 5. The standard InChI is InChI=1S/C12H12N6O2S/c19-21(20,12-5-14-15-6-12)17-11-3-1-2-10(4-11)7-18-9-13-8-16-18/h1-6,8-9,17H,7H2,(H,14,15). The zero-order valence-corrected chi connectivity index (χ0v) is 11.7. The van der Waals surface area contributed by atoms with Crippen LogP contribution < -0.4 is 4.72 Å². The maximum absolute atomic E-state index is 12.1. The summed E-state index contributed by atoms with van der Waals surface area (Å²) in [6, 6.07) is 7.10. The summed E-state index contributed by atoms with van der Waals surface area (Å²) in [5.74, 6) is 0. The summed E-state index contributed by atoms with van der Waals surface area (Å²) >= 11 is 0. The highest BCUT2D eigenvalue weighted by Crippen LogP contribution is 2.16. The predicted octanol–water partition coefficient (Wildman–Crippen LogP) is 0.850. The van der Waals surface area contributed by atoms with Gasteiger partial charge < -0.3 is 0 Å². The van der Waals surface area contributed by atoms with E-state index in [1.807, 2.05) is 6.07 Å². The molecule has 8 nitrogen and oxygen atoms in total. The van der Waals surface area contributed by atoms with Crippen LogP contribution in [-0.4, -0.2) is 33.4 Å². The number of hydrogen-bond acceptors (Lipinski definition) is 5. The fourth-order valence-electron chi connectivity index (χ4n) is 1.83. The summed E-state index contributed by atoms with van der Waals surface area (Å²) < 4.78 is 28.3. The fourth-order valence-corrected chi connectivity index (χ4v) is 2.79. The van der Waals surface area contributed by atoms with Crippen LogP contribution in [0.15, 0.2) is 54.2 Å². The van der Waals surface area contributed by atoms with Crippen LogP contribution in [0.25, 0.3) is 0 Å². The van der Waals surface area contributed by atoms with E-state index in [4.69, 9.17) is 0 Å². The first-order chi connectivity index (χ1) is 10.1. The van der Waals surface area contributed by atoms with Crippen molar-refractivity contribution in [2.45, 2.75) is 11.4 Å². The molecule has 0 saturated heterocycles. The number of anilines is 1. The van der Waals surface area contributed by atoms with Gasteiger partial charge in [0, 0.05) is 11.9 Å². The van der Waals surface area contributed by atoms with E-state index in [-0.39, 0.29) is 4.90 Å². The molecule has 2 heterocycles. The monoisotopic (exact) mass is 304 g/mol. The Morgan fingerprint density at radius 3 is 2.95 bits per heavy atom. The normalized spacial score (nSPS) is 11.4. The van der Waals surface area contributed by atoms with Crippen molar-refractivity contribution in [3.8, 4) is 0 Å². The SMILES string of the molecule is O=S(=O)(Nc1cccc(Cn2cncn2)c1)c1cn[nH]c1. The molecule has 3 rings (SSSR count). The number of sulfonamides is 1. The van der Waals surface area contributed by atoms with E-state index >= 15 is 0 Å². The number of nitrogens with one attached hydrogen (secondary N) is 2. The molecule has 3 aromatic rings. The number of rotatable bonds is 5. The first-order valence-electron chi connectivity index (χ1n) is 6.06. The van der Waals surface area contributed by atoms with E-state index in [0.29, 0.717) is 12.2 Å². The molecule has 0 atom stereocenters. The zero-order valence-electron chi connectivity index (χ0n) is 10.8. The second kappa shape index (κ2) is 5.37. The lowest BCUT2D eigenvalue weighted by Gasteiger charge is -2.08. The molecule has 0 unspecified atom stereocenters. The van der Waals surface area contributed by atoms with Crippen LogP contribution in [0.4, 0.5) is 5.69 Å². The molecule has 1 aromatic carbocycles. The van der Waals surface area contributed by atoms with Crippen molar-refractivity contribution in [1.29, 1.82) is 0 Å². The molecule has 0 bridgehead atoms. The maximum atomic E-state index is 12.1. The van der Waals surface area contributed by atoms with Gasteiger partial charge >= 0.3 is 0 Å². The Morgan fingerprint density at radius 2 is 2.24 bits per heavy atom. The minimum absolute atomic E-state index is 0.0872. The van der Waals surface area contributed by atoms with E-state index in [2.05, 4.69) is 25.0 Å². The van der Waals surface area contributed by atoms with Crippen LogP contribution in [0.3, 0.4) is 0 Å². The third kappa shape index (κ3) is 3.08. The number of hydrogen-bond donors (Lipinski definition) is 2. The van der Waals surface area contributed by atoms with Crippen LogP contribution in [0.2, 0.25) is 0 Å². The number of benzene rings is 1. The molecule has 9 heteroatoms. The number of nitrogens with zero attached hydrogens (tertiary/aromatic N) is 4. The fraction of sp³-hybridized carbons (Fsp3) is 0.0833. The lowest BCUT2D eigenvalue weighted by atomic mass is 10.2. The lowest BCUT2D eigenvalue weighted by molar-refractivity contribution is 0.601. The van der Waals surface area contributed by atoms with Crippen molar-refractivity contribution >= 4 is 15.7 Å². The van der Waals surface area contributed by atoms with Gasteiger partial charge in [-0.15, -0.1) is 0 Å². The van der Waals surface area contributed by atoms with Crippen molar-refractivity contribution in [2.24, 2.45) is 0 Å². The van der Waals surface area contributed by atoms with Crippen molar-refractivity contribution < 1.29 is 8.42 Å². The van der Waals surface area contributed by atoms with E-state index in [9.17, 15) is 8.42 Å². The van der Waals surface area contributed by atoms with Gasteiger partial charge in [0.1, 0.15) is 17.6 Å². The van der Waals surface area contributed by atoms with Crippen molar-refractivity contribution in [3.63, 3.8) is 0 Å². The van der Waals surface area contributed by atoms with Crippen molar-refractivity contribution in [2.75, 3.05) is 4.72 Å². The van der Waals surface area contributed by atoms with E-state index in [0.717, 1.165) is 5.56 Å². The molecule has 0 aliphatic carbocycles. The minimum atomic E-state index is -3.63. The Balaban J connectivity index is 1.80. The van der Waals surface area contributed by atoms with Crippen molar-refractivity contribution in [3.05, 3.63) is 54.9 Å². The molecular weight excluding hydrogens is 292 g/mol. The molecule has 0 radical (unpaired) electrons. The lowest BCUT2D eigenvalue weighted by Crippen LogP contribution is -2.12. The third-order valence-corrected chi connectivity index (χ3v) is 4.12. The van der Waals surface area contributed by atoms with Gasteiger partial charge in [-0.05, 0) is 17.7 Å². The predicted molar refractivity (Wildman–Crippen MR) is 75.0 cm³/mol. The van der Waals surface area contributed by atoms with Crippen LogP contribution in [0, 0.1) is 0 Å². The topological polar surface area (TPSA) is 106 Å². The van der Waals surface area contributed by atoms with Gasteiger partial charge in [-0.2, -0.15) is 10.2 Å². The Morgan fingerprint density at radius 1 is 1.33 bits per heavy atom. The zero-order chi connectivity index (χ0) is 14.7. The first kappa shape index (κ1) is 13.3. The Kier molecular flexibility index (Phi) is 3.40. The summed E-state index contributed by atoms with van der Waals surface area (Å²) in [6.45, 7) is 0.515. The molecule has 0 amide bonds. The minimum Gasteiger partial charge on any atom is -0.284 e. The smallest absolute Gasteiger partial charge is 0.265 e.